The molecule has 4 aliphatic rings. The Morgan fingerprint density at radius 3 is 2.41 bits per heavy atom. The second-order valence-corrected chi connectivity index (χ2v) is 11.3. The van der Waals surface area contributed by atoms with Gasteiger partial charge in [0.1, 0.15) is 0 Å². The zero-order valence-corrected chi connectivity index (χ0v) is 20.2. The molecule has 7 unspecified atom stereocenters. The molecule has 0 spiro atoms. The van der Waals surface area contributed by atoms with E-state index in [0.29, 0.717) is 10.8 Å². The molecule has 0 amide bonds. The van der Waals surface area contributed by atoms with Crippen LogP contribution in [0.15, 0.2) is 23.8 Å². The highest BCUT2D eigenvalue weighted by atomic mass is 16.3. The van der Waals surface area contributed by atoms with E-state index in [9.17, 15) is 5.11 Å². The van der Waals surface area contributed by atoms with Gasteiger partial charge in [0.05, 0.1) is 6.10 Å². The smallest absolute Gasteiger partial charge is 0.0543 e. The van der Waals surface area contributed by atoms with Crippen LogP contribution in [0.3, 0.4) is 0 Å². The third-order valence-electron chi connectivity index (χ3n) is 9.44. The molecular formula is C28H48O. The predicted octanol–water partition coefficient (Wildman–Crippen LogP) is 7.94. The number of aliphatic hydroxyl groups is 1. The second kappa shape index (κ2) is 9.29. The molecule has 1 nitrogen and oxygen atoms in total. The molecule has 0 saturated heterocycles. The molecule has 0 aliphatic heterocycles. The van der Waals surface area contributed by atoms with Crippen LogP contribution in [0.2, 0.25) is 0 Å². The Labute approximate surface area is 181 Å². The molecule has 166 valence electrons. The van der Waals surface area contributed by atoms with Gasteiger partial charge in [-0.1, -0.05) is 65.3 Å². The molecule has 4 aliphatic carbocycles. The lowest BCUT2D eigenvalue weighted by Gasteiger charge is -2.57. The molecule has 0 bridgehead atoms. The van der Waals surface area contributed by atoms with E-state index in [0.717, 1.165) is 42.4 Å². The molecule has 3 saturated carbocycles. The zero-order valence-electron chi connectivity index (χ0n) is 20.2. The molecule has 0 heterocycles. The van der Waals surface area contributed by atoms with Crippen LogP contribution >= 0.6 is 0 Å². The maximum absolute atomic E-state index is 10.2. The second-order valence-electron chi connectivity index (χ2n) is 11.3. The van der Waals surface area contributed by atoms with E-state index in [-0.39, 0.29) is 6.10 Å². The predicted molar refractivity (Wildman–Crippen MR) is 126 cm³/mol. The first-order valence-corrected chi connectivity index (χ1v) is 12.9. The monoisotopic (exact) mass is 400 g/mol. The number of hydrogen-bond donors (Lipinski definition) is 1. The van der Waals surface area contributed by atoms with Crippen molar-refractivity contribution in [2.24, 2.45) is 40.4 Å². The van der Waals surface area contributed by atoms with Crippen molar-refractivity contribution in [3.8, 4) is 0 Å². The van der Waals surface area contributed by atoms with Crippen LogP contribution in [0, 0.1) is 40.4 Å². The molecule has 29 heavy (non-hydrogen) atoms. The quantitative estimate of drug-likeness (QED) is 0.475. The topological polar surface area (TPSA) is 20.2 Å². The van der Waals surface area contributed by atoms with E-state index in [1.165, 1.54) is 51.4 Å². The summed E-state index contributed by atoms with van der Waals surface area (Å²) in [6.07, 6.45) is 20.3. The molecule has 1 N–H and O–H groups in total. The van der Waals surface area contributed by atoms with Crippen molar-refractivity contribution in [2.75, 3.05) is 0 Å². The molecule has 0 aromatic rings. The van der Waals surface area contributed by atoms with E-state index in [2.05, 4.69) is 45.9 Å². The van der Waals surface area contributed by atoms with Gasteiger partial charge in [-0.3, -0.25) is 0 Å². The number of rotatable bonds is 4. The molecule has 3 fully saturated rings. The summed E-state index contributed by atoms with van der Waals surface area (Å²) in [7, 11) is 0. The van der Waals surface area contributed by atoms with Gasteiger partial charge in [-0.15, -0.1) is 0 Å². The maximum Gasteiger partial charge on any atom is 0.0543 e. The van der Waals surface area contributed by atoms with Gasteiger partial charge in [-0.2, -0.15) is 0 Å². The Morgan fingerprint density at radius 2 is 1.69 bits per heavy atom. The van der Waals surface area contributed by atoms with Crippen LogP contribution in [0.25, 0.3) is 0 Å². The average Bonchev–Trinajstić information content (AvgIpc) is 3.03. The lowest BCUT2D eigenvalue weighted by molar-refractivity contribution is -0.0396. The summed E-state index contributed by atoms with van der Waals surface area (Å²) >= 11 is 0. The highest BCUT2D eigenvalue weighted by Gasteiger charge is 2.57. The molecule has 0 aromatic heterocycles. The van der Waals surface area contributed by atoms with Gasteiger partial charge >= 0.3 is 0 Å². The fourth-order valence-electron chi connectivity index (χ4n) is 7.61. The van der Waals surface area contributed by atoms with E-state index < -0.39 is 0 Å². The summed E-state index contributed by atoms with van der Waals surface area (Å²) in [5, 5.41) is 10.2. The first kappa shape index (κ1) is 23.1. The molecule has 1 heteroatoms. The lowest BCUT2D eigenvalue weighted by Crippen LogP contribution is -2.49. The minimum absolute atomic E-state index is 0.0413. The summed E-state index contributed by atoms with van der Waals surface area (Å²) < 4.78 is 0. The average molecular weight is 401 g/mol. The van der Waals surface area contributed by atoms with Gasteiger partial charge in [-0.25, -0.2) is 0 Å². The van der Waals surface area contributed by atoms with Gasteiger partial charge in [0.2, 0.25) is 0 Å². The fourth-order valence-corrected chi connectivity index (χ4v) is 7.61. The molecule has 7 atom stereocenters. The Morgan fingerprint density at radius 1 is 1.00 bits per heavy atom. The summed E-state index contributed by atoms with van der Waals surface area (Å²) in [5.74, 6) is 4.02. The van der Waals surface area contributed by atoms with Crippen LogP contribution in [0.1, 0.15) is 106 Å². The minimum atomic E-state index is -0.0413. The third kappa shape index (κ3) is 4.28. The molecule has 0 radical (unpaired) electrons. The molecule has 4 rings (SSSR count). The van der Waals surface area contributed by atoms with Crippen LogP contribution in [-0.2, 0) is 0 Å². The van der Waals surface area contributed by atoms with E-state index in [1.807, 2.05) is 19.4 Å². The normalized spacial score (nSPS) is 43.9. The summed E-state index contributed by atoms with van der Waals surface area (Å²) in [4.78, 5) is 0. The van der Waals surface area contributed by atoms with Gasteiger partial charge in [0.25, 0.3) is 0 Å². The van der Waals surface area contributed by atoms with Crippen LogP contribution in [0.5, 0.6) is 0 Å². The lowest BCUT2D eigenvalue weighted by atomic mass is 9.48. The van der Waals surface area contributed by atoms with Gasteiger partial charge < -0.3 is 5.11 Å². The number of aliphatic hydroxyl groups excluding tert-OH is 1. The Kier molecular flexibility index (Phi) is 7.40. The van der Waals surface area contributed by atoms with Gasteiger partial charge in [0, 0.05) is 0 Å². The van der Waals surface area contributed by atoms with Crippen LogP contribution < -0.4 is 0 Å². The summed E-state index contributed by atoms with van der Waals surface area (Å²) in [5.41, 5.74) is 2.84. The number of hydrogen-bond acceptors (Lipinski definition) is 1. The fraction of sp³-hybridized carbons (Fsp3) is 0.857. The van der Waals surface area contributed by atoms with Crippen molar-refractivity contribution in [1.82, 2.24) is 0 Å². The highest BCUT2D eigenvalue weighted by Crippen LogP contribution is 2.66. The van der Waals surface area contributed by atoms with Crippen molar-refractivity contribution >= 4 is 0 Å². The SMILES string of the molecule is CC.CC(C)C/C=C/CC1CCC2C3=CCC4CC(O)CCC4(C)C3CCC12C. The third-order valence-corrected chi connectivity index (χ3v) is 9.44. The number of allylic oxidation sites excluding steroid dienone is 4. The van der Waals surface area contributed by atoms with E-state index in [1.54, 1.807) is 0 Å². The van der Waals surface area contributed by atoms with Crippen molar-refractivity contribution < 1.29 is 5.11 Å². The van der Waals surface area contributed by atoms with Crippen LogP contribution in [0.4, 0.5) is 0 Å². The Hall–Kier alpha value is -0.560. The first-order chi connectivity index (χ1) is 13.8. The van der Waals surface area contributed by atoms with Gasteiger partial charge in [-0.05, 0) is 105 Å². The minimum Gasteiger partial charge on any atom is -0.393 e. The summed E-state index contributed by atoms with van der Waals surface area (Å²) in [6.45, 7) is 13.8. The Balaban J connectivity index is 0.00000117. The summed E-state index contributed by atoms with van der Waals surface area (Å²) in [6, 6.07) is 0. The van der Waals surface area contributed by atoms with Crippen molar-refractivity contribution in [2.45, 2.75) is 112 Å². The van der Waals surface area contributed by atoms with Crippen molar-refractivity contribution in [1.29, 1.82) is 0 Å². The van der Waals surface area contributed by atoms with Crippen LogP contribution in [-0.4, -0.2) is 11.2 Å². The first-order valence-electron chi connectivity index (χ1n) is 12.9. The largest absolute Gasteiger partial charge is 0.393 e. The van der Waals surface area contributed by atoms with Gasteiger partial charge in [0.15, 0.2) is 0 Å². The zero-order chi connectivity index (χ0) is 21.2. The molecule has 0 aromatic carbocycles. The Bertz CT molecular complexity index is 601. The standard InChI is InChI=1S/C26H42O.C2H6/c1-18(2)7-5-6-8-19-10-12-23-22-11-9-20-17-21(27)13-15-26(20,4)24(22)14-16-25(19,23)3;1-2/h5-6,11,18-21,23-24,27H,7-10,12-17H2,1-4H3;1-2H3/b6-5+;. The maximum atomic E-state index is 10.2. The molecular weight excluding hydrogens is 352 g/mol. The van der Waals surface area contributed by atoms with Crippen molar-refractivity contribution in [3.05, 3.63) is 23.8 Å². The van der Waals surface area contributed by atoms with Crippen molar-refractivity contribution in [3.63, 3.8) is 0 Å². The number of fused-ring (bicyclic) bond motifs is 5. The highest BCUT2D eigenvalue weighted by molar-refractivity contribution is 5.27. The van der Waals surface area contributed by atoms with E-state index in [4.69, 9.17) is 0 Å². The van der Waals surface area contributed by atoms with E-state index >= 15 is 0 Å².